The van der Waals surface area contributed by atoms with Gasteiger partial charge >= 0.3 is 0 Å². The SMILES string of the molecule is COc1ccccc1-c1nc(C(=O)NCc2ccnc(OC3CCCC3)c2)cs1. The van der Waals surface area contributed by atoms with Crippen molar-refractivity contribution in [2.45, 2.75) is 38.3 Å². The Bertz CT molecular complexity index is 983. The van der Waals surface area contributed by atoms with Crippen LogP contribution in [-0.2, 0) is 6.54 Å². The number of aromatic nitrogens is 2. The molecular weight excluding hydrogens is 386 g/mol. The highest BCUT2D eigenvalue weighted by atomic mass is 32.1. The summed E-state index contributed by atoms with van der Waals surface area (Å²) >= 11 is 1.42. The van der Waals surface area contributed by atoms with Crippen molar-refractivity contribution in [1.29, 1.82) is 0 Å². The van der Waals surface area contributed by atoms with Gasteiger partial charge in [-0.25, -0.2) is 9.97 Å². The molecule has 0 unspecified atom stereocenters. The van der Waals surface area contributed by atoms with Gasteiger partial charge in [-0.15, -0.1) is 11.3 Å². The molecule has 0 bridgehead atoms. The van der Waals surface area contributed by atoms with Gasteiger partial charge < -0.3 is 14.8 Å². The first-order valence-electron chi connectivity index (χ1n) is 9.71. The van der Waals surface area contributed by atoms with E-state index in [1.165, 1.54) is 24.2 Å². The Morgan fingerprint density at radius 3 is 2.90 bits per heavy atom. The summed E-state index contributed by atoms with van der Waals surface area (Å²) in [6.45, 7) is 0.393. The predicted molar refractivity (Wildman–Crippen MR) is 112 cm³/mol. The largest absolute Gasteiger partial charge is 0.496 e. The fourth-order valence-electron chi connectivity index (χ4n) is 3.40. The molecule has 1 saturated carbocycles. The number of ether oxygens (including phenoxy) is 2. The Balaban J connectivity index is 1.38. The zero-order valence-corrected chi connectivity index (χ0v) is 17.1. The summed E-state index contributed by atoms with van der Waals surface area (Å²) in [5, 5.41) is 5.44. The average molecular weight is 410 g/mol. The van der Waals surface area contributed by atoms with Gasteiger partial charge in [0.25, 0.3) is 5.91 Å². The van der Waals surface area contributed by atoms with Crippen LogP contribution in [0, 0.1) is 0 Å². The molecule has 1 aromatic carbocycles. The minimum absolute atomic E-state index is 0.211. The van der Waals surface area contributed by atoms with Crippen LogP contribution in [0.15, 0.2) is 48.0 Å². The standard InChI is InChI=1S/C22H23N3O3S/c1-27-19-9-5-4-8-17(19)22-25-18(14-29-22)21(26)24-13-15-10-11-23-20(12-15)28-16-6-2-3-7-16/h4-5,8-12,14,16H,2-3,6-7,13H2,1H3,(H,24,26). The van der Waals surface area contributed by atoms with E-state index >= 15 is 0 Å². The number of thiazole rings is 1. The Morgan fingerprint density at radius 2 is 2.07 bits per heavy atom. The van der Waals surface area contributed by atoms with Crippen LogP contribution >= 0.6 is 11.3 Å². The third kappa shape index (κ3) is 4.74. The molecule has 0 radical (unpaired) electrons. The van der Waals surface area contributed by atoms with Crippen LogP contribution < -0.4 is 14.8 Å². The monoisotopic (exact) mass is 409 g/mol. The van der Waals surface area contributed by atoms with E-state index in [0.29, 0.717) is 18.1 Å². The Morgan fingerprint density at radius 1 is 1.24 bits per heavy atom. The number of pyridine rings is 1. The molecule has 4 rings (SSSR count). The fourth-order valence-corrected chi connectivity index (χ4v) is 4.23. The van der Waals surface area contributed by atoms with Crippen molar-refractivity contribution in [2.24, 2.45) is 0 Å². The van der Waals surface area contributed by atoms with Gasteiger partial charge in [-0.2, -0.15) is 0 Å². The molecule has 6 nitrogen and oxygen atoms in total. The van der Waals surface area contributed by atoms with E-state index in [4.69, 9.17) is 9.47 Å². The second-order valence-electron chi connectivity index (χ2n) is 6.95. The molecule has 2 heterocycles. The van der Waals surface area contributed by atoms with Crippen LogP contribution in [-0.4, -0.2) is 29.1 Å². The topological polar surface area (TPSA) is 73.3 Å². The van der Waals surface area contributed by atoms with E-state index in [1.54, 1.807) is 18.7 Å². The molecule has 0 atom stereocenters. The predicted octanol–water partition coefficient (Wildman–Crippen LogP) is 4.47. The molecule has 3 aromatic rings. The smallest absolute Gasteiger partial charge is 0.271 e. The van der Waals surface area contributed by atoms with E-state index in [0.717, 1.165) is 34.7 Å². The number of hydrogen-bond donors (Lipinski definition) is 1. The van der Waals surface area contributed by atoms with Crippen molar-refractivity contribution in [1.82, 2.24) is 15.3 Å². The molecule has 1 amide bonds. The molecule has 0 spiro atoms. The number of benzene rings is 1. The number of para-hydroxylation sites is 1. The van der Waals surface area contributed by atoms with Crippen molar-refractivity contribution >= 4 is 17.2 Å². The van der Waals surface area contributed by atoms with Crippen LogP contribution in [0.2, 0.25) is 0 Å². The van der Waals surface area contributed by atoms with Gasteiger partial charge in [-0.05, 0) is 49.4 Å². The minimum Gasteiger partial charge on any atom is -0.496 e. The third-order valence-electron chi connectivity index (χ3n) is 4.92. The van der Waals surface area contributed by atoms with Gasteiger partial charge in [0, 0.05) is 24.2 Å². The maximum absolute atomic E-state index is 12.5. The zero-order chi connectivity index (χ0) is 20.1. The summed E-state index contributed by atoms with van der Waals surface area (Å²) in [6.07, 6.45) is 6.57. The lowest BCUT2D eigenvalue weighted by molar-refractivity contribution is 0.0946. The van der Waals surface area contributed by atoms with Crippen LogP contribution in [0.1, 0.15) is 41.7 Å². The van der Waals surface area contributed by atoms with Gasteiger partial charge in [0.05, 0.1) is 12.7 Å². The van der Waals surface area contributed by atoms with Crippen molar-refractivity contribution in [3.63, 3.8) is 0 Å². The number of rotatable bonds is 7. The summed E-state index contributed by atoms with van der Waals surface area (Å²) < 4.78 is 11.3. The number of carbonyl (C=O) groups is 1. The number of carbonyl (C=O) groups excluding carboxylic acids is 1. The van der Waals surface area contributed by atoms with Gasteiger partial charge in [-0.3, -0.25) is 4.79 Å². The van der Waals surface area contributed by atoms with Crippen molar-refractivity contribution in [2.75, 3.05) is 7.11 Å². The average Bonchev–Trinajstić information content (AvgIpc) is 3.44. The highest BCUT2D eigenvalue weighted by molar-refractivity contribution is 7.13. The summed E-state index contributed by atoms with van der Waals surface area (Å²) in [5.41, 5.74) is 2.22. The van der Waals surface area contributed by atoms with E-state index in [2.05, 4.69) is 15.3 Å². The first-order valence-corrected chi connectivity index (χ1v) is 10.6. The summed E-state index contributed by atoms with van der Waals surface area (Å²) in [7, 11) is 1.62. The number of nitrogens with one attached hydrogen (secondary N) is 1. The molecule has 1 fully saturated rings. The first kappa shape index (κ1) is 19.4. The number of hydrogen-bond acceptors (Lipinski definition) is 6. The fraction of sp³-hybridized carbons (Fsp3) is 0.318. The lowest BCUT2D eigenvalue weighted by atomic mass is 10.2. The summed E-state index contributed by atoms with van der Waals surface area (Å²) in [4.78, 5) is 21.3. The molecule has 29 heavy (non-hydrogen) atoms. The van der Waals surface area contributed by atoms with E-state index < -0.39 is 0 Å². The minimum atomic E-state index is -0.211. The molecular formula is C22H23N3O3S. The van der Waals surface area contributed by atoms with Gasteiger partial charge in [0.15, 0.2) is 0 Å². The van der Waals surface area contributed by atoms with Gasteiger partial charge in [0.2, 0.25) is 5.88 Å². The van der Waals surface area contributed by atoms with Crippen LogP contribution in [0.25, 0.3) is 10.6 Å². The lowest BCUT2D eigenvalue weighted by Crippen LogP contribution is -2.23. The first-order chi connectivity index (χ1) is 14.2. The van der Waals surface area contributed by atoms with Crippen LogP contribution in [0.5, 0.6) is 11.6 Å². The highest BCUT2D eigenvalue weighted by Crippen LogP contribution is 2.31. The van der Waals surface area contributed by atoms with Crippen LogP contribution in [0.3, 0.4) is 0 Å². The second kappa shape index (κ2) is 9.05. The number of nitrogens with zero attached hydrogens (tertiary/aromatic N) is 2. The maximum Gasteiger partial charge on any atom is 0.271 e. The van der Waals surface area contributed by atoms with Crippen molar-refractivity contribution < 1.29 is 14.3 Å². The quantitative estimate of drug-likeness (QED) is 0.623. The molecule has 0 aliphatic heterocycles. The van der Waals surface area contributed by atoms with Crippen molar-refractivity contribution in [3.05, 3.63) is 59.2 Å². The Labute approximate surface area is 173 Å². The third-order valence-corrected chi connectivity index (χ3v) is 5.79. The lowest BCUT2D eigenvalue weighted by Gasteiger charge is -2.12. The normalized spacial score (nSPS) is 14.0. The molecule has 0 saturated heterocycles. The molecule has 1 N–H and O–H groups in total. The van der Waals surface area contributed by atoms with E-state index in [9.17, 15) is 4.79 Å². The Hall–Kier alpha value is -2.93. The molecule has 7 heteroatoms. The van der Waals surface area contributed by atoms with E-state index in [-0.39, 0.29) is 12.0 Å². The van der Waals surface area contributed by atoms with Crippen LogP contribution in [0.4, 0.5) is 0 Å². The maximum atomic E-state index is 12.5. The number of amides is 1. The Kier molecular flexibility index (Phi) is 6.05. The van der Waals surface area contributed by atoms with E-state index in [1.807, 2.05) is 36.4 Å². The van der Waals surface area contributed by atoms with Gasteiger partial charge in [0.1, 0.15) is 22.6 Å². The molecule has 150 valence electrons. The van der Waals surface area contributed by atoms with Gasteiger partial charge in [-0.1, -0.05) is 12.1 Å². The number of methoxy groups -OCH3 is 1. The molecule has 1 aliphatic rings. The second-order valence-corrected chi connectivity index (χ2v) is 7.81. The highest BCUT2D eigenvalue weighted by Gasteiger charge is 2.17. The summed E-state index contributed by atoms with van der Waals surface area (Å²) in [5.74, 6) is 1.15. The summed E-state index contributed by atoms with van der Waals surface area (Å²) in [6, 6.07) is 11.4. The molecule has 2 aromatic heterocycles. The van der Waals surface area contributed by atoms with Crippen molar-refractivity contribution in [3.8, 4) is 22.2 Å². The zero-order valence-electron chi connectivity index (χ0n) is 16.3. The molecule has 1 aliphatic carbocycles.